The molecule has 1 amide bonds. The summed E-state index contributed by atoms with van der Waals surface area (Å²) in [6.07, 6.45) is 0.912. The third-order valence-electron chi connectivity index (χ3n) is 3.85. The summed E-state index contributed by atoms with van der Waals surface area (Å²) in [6.45, 7) is 3.82. The van der Waals surface area contributed by atoms with Crippen molar-refractivity contribution in [3.8, 4) is 0 Å². The van der Waals surface area contributed by atoms with E-state index in [1.165, 1.54) is 15.5 Å². The summed E-state index contributed by atoms with van der Waals surface area (Å²) in [5.41, 5.74) is 1.81. The number of benzene rings is 2. The second-order valence-electron chi connectivity index (χ2n) is 5.44. The molecule has 4 nitrogen and oxygen atoms in total. The van der Waals surface area contributed by atoms with Crippen LogP contribution in [0.15, 0.2) is 53.3 Å². The van der Waals surface area contributed by atoms with E-state index in [1.54, 1.807) is 13.0 Å². The number of hydrogen-bond donors (Lipinski definition) is 1. The lowest BCUT2D eigenvalue weighted by Gasteiger charge is -2.12. The maximum atomic E-state index is 12.5. The molecule has 0 unspecified atom stereocenters. The van der Waals surface area contributed by atoms with Crippen LogP contribution >= 0.6 is 11.5 Å². The number of carbonyl (C=O) groups is 1. The Morgan fingerprint density at radius 1 is 1.22 bits per heavy atom. The molecule has 1 N–H and O–H groups in total. The Balaban J connectivity index is 1.86. The fourth-order valence-corrected chi connectivity index (χ4v) is 3.51. The zero-order chi connectivity index (χ0) is 16.4. The summed E-state index contributed by atoms with van der Waals surface area (Å²) in [5, 5.41) is 3.55. The van der Waals surface area contributed by atoms with Crippen molar-refractivity contribution < 1.29 is 4.79 Å². The highest BCUT2D eigenvalue weighted by Crippen LogP contribution is 2.21. The monoisotopic (exact) mass is 326 g/mol. The topological polar surface area (TPSA) is 51.1 Å². The van der Waals surface area contributed by atoms with Gasteiger partial charge in [-0.15, -0.1) is 0 Å². The molecule has 3 aromatic rings. The minimum absolute atomic E-state index is 0.115. The molecule has 1 heterocycles. The maximum absolute atomic E-state index is 12.5. The van der Waals surface area contributed by atoms with Gasteiger partial charge in [-0.2, -0.15) is 0 Å². The van der Waals surface area contributed by atoms with E-state index in [1.807, 2.05) is 42.5 Å². The summed E-state index contributed by atoms with van der Waals surface area (Å²) in [5.74, 6) is -0.188. The Bertz CT molecular complexity index is 911. The smallest absolute Gasteiger partial charge is 0.269 e. The molecule has 0 fully saturated rings. The van der Waals surface area contributed by atoms with Crippen molar-refractivity contribution in [1.29, 1.82) is 0 Å². The van der Waals surface area contributed by atoms with Crippen LogP contribution in [0, 0.1) is 0 Å². The molecule has 0 saturated heterocycles. The van der Waals surface area contributed by atoms with E-state index >= 15 is 0 Å². The minimum atomic E-state index is -0.551. The Kier molecular flexibility index (Phi) is 4.30. The van der Waals surface area contributed by atoms with Crippen LogP contribution in [0.5, 0.6) is 0 Å². The van der Waals surface area contributed by atoms with E-state index in [9.17, 15) is 9.59 Å². The molecule has 2 aromatic carbocycles. The Hall–Kier alpha value is -2.40. The molecule has 1 atom stereocenters. The summed E-state index contributed by atoms with van der Waals surface area (Å²) >= 11 is 1.32. The molecule has 0 saturated carbocycles. The lowest BCUT2D eigenvalue weighted by Crippen LogP contribution is -2.28. The van der Waals surface area contributed by atoms with Crippen molar-refractivity contribution in [3.63, 3.8) is 0 Å². The van der Waals surface area contributed by atoms with Gasteiger partial charge in [0.25, 0.3) is 5.56 Å². The van der Waals surface area contributed by atoms with Crippen molar-refractivity contribution >= 4 is 33.2 Å². The summed E-state index contributed by atoms with van der Waals surface area (Å²) < 4.78 is 2.43. The number of carbonyl (C=O) groups excluding carboxylic acids is 1. The van der Waals surface area contributed by atoms with Crippen molar-refractivity contribution in [1.82, 2.24) is 3.96 Å². The number of anilines is 1. The number of nitrogens with zero attached hydrogens (tertiary/aromatic N) is 1. The third kappa shape index (κ3) is 3.05. The number of hydrogen-bond acceptors (Lipinski definition) is 3. The van der Waals surface area contributed by atoms with Crippen LogP contribution in [-0.4, -0.2) is 9.86 Å². The molecule has 5 heteroatoms. The van der Waals surface area contributed by atoms with E-state index in [-0.39, 0.29) is 11.5 Å². The molecule has 0 aliphatic carbocycles. The van der Waals surface area contributed by atoms with E-state index in [0.717, 1.165) is 22.4 Å². The minimum Gasteiger partial charge on any atom is -0.324 e. The highest BCUT2D eigenvalue weighted by atomic mass is 32.1. The van der Waals surface area contributed by atoms with Gasteiger partial charge >= 0.3 is 0 Å². The van der Waals surface area contributed by atoms with Crippen molar-refractivity contribution in [2.24, 2.45) is 0 Å². The standard InChI is InChI=1S/C18H18N2O2S/c1-3-13-7-6-8-14(11-13)19-17(21)12(2)20-18(22)15-9-4-5-10-16(15)23-20/h4-12H,3H2,1-2H3,(H,19,21)/t12-/m0/s1. The number of aryl methyl sites for hydroxylation is 1. The first-order valence-electron chi connectivity index (χ1n) is 7.60. The molecule has 0 radical (unpaired) electrons. The molecule has 3 rings (SSSR count). The number of fused-ring (bicyclic) bond motifs is 1. The summed E-state index contributed by atoms with van der Waals surface area (Å²) in [4.78, 5) is 24.9. The Labute approximate surface area is 138 Å². The first-order valence-corrected chi connectivity index (χ1v) is 8.38. The fourth-order valence-electron chi connectivity index (χ4n) is 2.47. The predicted octanol–water partition coefficient (Wildman–Crippen LogP) is 3.83. The van der Waals surface area contributed by atoms with Crippen LogP contribution in [0.25, 0.3) is 10.1 Å². The van der Waals surface area contributed by atoms with Crippen LogP contribution in [0.4, 0.5) is 5.69 Å². The van der Waals surface area contributed by atoms with Gasteiger partial charge in [-0.1, -0.05) is 42.7 Å². The number of rotatable bonds is 4. The van der Waals surface area contributed by atoms with Gasteiger partial charge in [0.05, 0.1) is 10.1 Å². The Morgan fingerprint density at radius 3 is 2.74 bits per heavy atom. The van der Waals surface area contributed by atoms with Gasteiger partial charge in [0.1, 0.15) is 6.04 Å². The number of amides is 1. The van der Waals surface area contributed by atoms with E-state index < -0.39 is 6.04 Å². The van der Waals surface area contributed by atoms with Crippen LogP contribution in [-0.2, 0) is 11.2 Å². The number of aromatic nitrogens is 1. The lowest BCUT2D eigenvalue weighted by molar-refractivity contribution is -0.118. The quantitative estimate of drug-likeness (QED) is 0.792. The first kappa shape index (κ1) is 15.5. The SMILES string of the molecule is CCc1cccc(NC(=O)[C@H](C)n2sc3ccccc3c2=O)c1. The predicted molar refractivity (Wildman–Crippen MR) is 95.2 cm³/mol. The molecule has 0 aliphatic heterocycles. The molecule has 1 aromatic heterocycles. The van der Waals surface area contributed by atoms with Crippen LogP contribution in [0.1, 0.15) is 25.5 Å². The molecule has 0 spiro atoms. The molecular formula is C18H18N2O2S. The van der Waals surface area contributed by atoms with Gasteiger partial charge in [0.15, 0.2) is 0 Å². The van der Waals surface area contributed by atoms with Crippen LogP contribution in [0.3, 0.4) is 0 Å². The Morgan fingerprint density at radius 2 is 2.00 bits per heavy atom. The number of nitrogens with one attached hydrogen (secondary N) is 1. The van der Waals surface area contributed by atoms with Crippen molar-refractivity contribution in [2.75, 3.05) is 5.32 Å². The van der Waals surface area contributed by atoms with E-state index in [0.29, 0.717) is 5.39 Å². The van der Waals surface area contributed by atoms with Crippen molar-refractivity contribution in [2.45, 2.75) is 26.3 Å². The second kappa shape index (κ2) is 6.38. The second-order valence-corrected chi connectivity index (χ2v) is 6.45. The van der Waals surface area contributed by atoms with Gasteiger partial charge < -0.3 is 5.32 Å². The molecule has 0 aliphatic rings. The van der Waals surface area contributed by atoms with Gasteiger partial charge in [0.2, 0.25) is 5.91 Å². The average Bonchev–Trinajstić information content (AvgIpc) is 2.91. The molecule has 118 valence electrons. The maximum Gasteiger partial charge on any atom is 0.269 e. The van der Waals surface area contributed by atoms with Gasteiger partial charge in [-0.25, -0.2) is 0 Å². The highest BCUT2D eigenvalue weighted by Gasteiger charge is 2.19. The largest absolute Gasteiger partial charge is 0.324 e. The highest BCUT2D eigenvalue weighted by molar-refractivity contribution is 7.14. The zero-order valence-corrected chi connectivity index (χ0v) is 13.9. The van der Waals surface area contributed by atoms with Gasteiger partial charge in [-0.3, -0.25) is 13.5 Å². The normalized spacial score (nSPS) is 12.3. The third-order valence-corrected chi connectivity index (χ3v) is 5.08. The van der Waals surface area contributed by atoms with Crippen LogP contribution in [0.2, 0.25) is 0 Å². The molecule has 23 heavy (non-hydrogen) atoms. The van der Waals surface area contributed by atoms with Crippen molar-refractivity contribution in [3.05, 3.63) is 64.4 Å². The zero-order valence-electron chi connectivity index (χ0n) is 13.1. The van der Waals surface area contributed by atoms with E-state index in [4.69, 9.17) is 0 Å². The first-order chi connectivity index (χ1) is 11.1. The molecular weight excluding hydrogens is 308 g/mol. The van der Waals surface area contributed by atoms with E-state index in [2.05, 4.69) is 12.2 Å². The summed E-state index contributed by atoms with van der Waals surface area (Å²) in [6, 6.07) is 14.6. The fraction of sp³-hybridized carbons (Fsp3) is 0.222. The van der Waals surface area contributed by atoms with Gasteiger partial charge in [-0.05, 0) is 43.2 Å². The molecule has 0 bridgehead atoms. The average molecular weight is 326 g/mol. The van der Waals surface area contributed by atoms with Crippen LogP contribution < -0.4 is 10.9 Å². The summed E-state index contributed by atoms with van der Waals surface area (Å²) in [7, 11) is 0. The van der Waals surface area contributed by atoms with Gasteiger partial charge in [0, 0.05) is 5.69 Å². The lowest BCUT2D eigenvalue weighted by atomic mass is 10.1.